The van der Waals surface area contributed by atoms with E-state index in [9.17, 15) is 0 Å². The molecule has 3 aromatic carbocycles. The maximum atomic E-state index is 4.86. The zero-order chi connectivity index (χ0) is 19.8. The molecular formula is C26H27N2+. The van der Waals surface area contributed by atoms with E-state index in [4.69, 9.17) is 4.98 Å². The molecular weight excluding hydrogens is 340 g/mol. The molecule has 0 saturated heterocycles. The molecule has 0 aliphatic carbocycles. The van der Waals surface area contributed by atoms with Crippen LogP contribution in [0.2, 0.25) is 0 Å². The highest BCUT2D eigenvalue weighted by Crippen LogP contribution is 2.32. The Morgan fingerprint density at radius 2 is 1.57 bits per heavy atom. The standard InChI is InChI=1S/C26H27N2/c1-17(2)21-11-14-24-25(16-21)27-19(4)28(5)26(24)23-13-12-22(15-18(23)3)20-9-7-6-8-10-20/h6-17H,1-5H3/q+1. The van der Waals surface area contributed by atoms with Crippen molar-refractivity contribution in [1.82, 2.24) is 4.98 Å². The number of fused-ring (bicyclic) bond motifs is 1. The summed E-state index contributed by atoms with van der Waals surface area (Å²) in [7, 11) is 2.11. The lowest BCUT2D eigenvalue weighted by Gasteiger charge is -2.13. The largest absolute Gasteiger partial charge is 0.296 e. The van der Waals surface area contributed by atoms with Gasteiger partial charge in [-0.15, -0.1) is 0 Å². The van der Waals surface area contributed by atoms with Crippen molar-refractivity contribution in [3.05, 3.63) is 83.7 Å². The minimum Gasteiger partial charge on any atom is -0.230 e. The van der Waals surface area contributed by atoms with Gasteiger partial charge in [-0.1, -0.05) is 62.4 Å². The Balaban J connectivity index is 1.92. The second-order valence-corrected chi connectivity index (χ2v) is 7.89. The van der Waals surface area contributed by atoms with Crippen LogP contribution in [0.5, 0.6) is 0 Å². The van der Waals surface area contributed by atoms with E-state index in [1.807, 2.05) is 0 Å². The second-order valence-electron chi connectivity index (χ2n) is 7.89. The van der Waals surface area contributed by atoms with Crippen LogP contribution in [-0.4, -0.2) is 4.98 Å². The molecule has 0 bridgehead atoms. The zero-order valence-corrected chi connectivity index (χ0v) is 17.3. The SMILES string of the molecule is Cc1cc(-c2ccccc2)ccc1-c1c2ccc(C(C)C)cc2nc(C)[n+]1C. The van der Waals surface area contributed by atoms with Gasteiger partial charge in [0.1, 0.15) is 5.69 Å². The molecule has 140 valence electrons. The van der Waals surface area contributed by atoms with Gasteiger partial charge in [-0.25, -0.2) is 4.57 Å². The molecule has 2 heteroatoms. The number of rotatable bonds is 3. The van der Waals surface area contributed by atoms with Crippen molar-refractivity contribution in [3.8, 4) is 22.4 Å². The van der Waals surface area contributed by atoms with E-state index in [-0.39, 0.29) is 0 Å². The Kier molecular flexibility index (Phi) is 4.72. The fourth-order valence-corrected chi connectivity index (χ4v) is 3.86. The molecule has 0 N–H and O–H groups in total. The first-order valence-electron chi connectivity index (χ1n) is 9.92. The topological polar surface area (TPSA) is 16.8 Å². The lowest BCUT2D eigenvalue weighted by molar-refractivity contribution is -0.668. The summed E-state index contributed by atoms with van der Waals surface area (Å²) in [4.78, 5) is 4.86. The molecule has 4 rings (SSSR count). The van der Waals surface area contributed by atoms with Crippen molar-refractivity contribution in [2.75, 3.05) is 0 Å². The summed E-state index contributed by atoms with van der Waals surface area (Å²) < 4.78 is 2.21. The maximum Gasteiger partial charge on any atom is 0.296 e. The third-order valence-electron chi connectivity index (χ3n) is 5.64. The van der Waals surface area contributed by atoms with Gasteiger partial charge in [0.05, 0.1) is 12.4 Å². The van der Waals surface area contributed by atoms with E-state index in [1.54, 1.807) is 0 Å². The van der Waals surface area contributed by atoms with E-state index in [0.717, 1.165) is 11.3 Å². The average molecular weight is 368 g/mol. The van der Waals surface area contributed by atoms with Gasteiger partial charge in [0.15, 0.2) is 5.52 Å². The van der Waals surface area contributed by atoms with Crippen LogP contribution in [0.15, 0.2) is 66.7 Å². The van der Waals surface area contributed by atoms with E-state index >= 15 is 0 Å². The summed E-state index contributed by atoms with van der Waals surface area (Å²) >= 11 is 0. The Bertz CT molecular complexity index is 1160. The first-order chi connectivity index (χ1) is 13.5. The summed E-state index contributed by atoms with van der Waals surface area (Å²) in [5, 5.41) is 1.20. The van der Waals surface area contributed by atoms with Crippen LogP contribution in [0.25, 0.3) is 33.3 Å². The average Bonchev–Trinajstić information content (AvgIpc) is 2.70. The lowest BCUT2D eigenvalue weighted by atomic mass is 9.95. The molecule has 0 unspecified atom stereocenters. The number of aromatic nitrogens is 2. The lowest BCUT2D eigenvalue weighted by Crippen LogP contribution is -2.36. The third-order valence-corrected chi connectivity index (χ3v) is 5.64. The van der Waals surface area contributed by atoms with Crippen LogP contribution >= 0.6 is 0 Å². The van der Waals surface area contributed by atoms with Crippen molar-refractivity contribution < 1.29 is 4.57 Å². The molecule has 2 nitrogen and oxygen atoms in total. The molecule has 4 aromatic rings. The predicted octanol–water partition coefficient (Wildman–Crippen LogP) is 6.13. The Morgan fingerprint density at radius 1 is 0.821 bits per heavy atom. The van der Waals surface area contributed by atoms with E-state index in [0.29, 0.717) is 5.92 Å². The summed E-state index contributed by atoms with van der Waals surface area (Å²) in [6.45, 7) is 8.74. The monoisotopic (exact) mass is 367 g/mol. The molecule has 0 aliphatic rings. The predicted molar refractivity (Wildman–Crippen MR) is 117 cm³/mol. The third kappa shape index (κ3) is 3.20. The van der Waals surface area contributed by atoms with Gasteiger partial charge >= 0.3 is 0 Å². The van der Waals surface area contributed by atoms with Crippen LogP contribution in [0.1, 0.15) is 36.7 Å². The molecule has 1 heterocycles. The van der Waals surface area contributed by atoms with E-state index in [2.05, 4.69) is 106 Å². The van der Waals surface area contributed by atoms with Crippen molar-refractivity contribution in [2.45, 2.75) is 33.6 Å². The van der Waals surface area contributed by atoms with Crippen LogP contribution in [0.3, 0.4) is 0 Å². The van der Waals surface area contributed by atoms with Crippen LogP contribution < -0.4 is 4.57 Å². The zero-order valence-electron chi connectivity index (χ0n) is 17.3. The molecule has 0 radical (unpaired) electrons. The maximum absolute atomic E-state index is 4.86. The fraction of sp³-hybridized carbons (Fsp3) is 0.231. The van der Waals surface area contributed by atoms with Gasteiger partial charge in [0.25, 0.3) is 5.82 Å². The normalized spacial score (nSPS) is 11.4. The Labute approximate surface area is 167 Å². The van der Waals surface area contributed by atoms with E-state index < -0.39 is 0 Å². The van der Waals surface area contributed by atoms with E-state index in [1.165, 1.54) is 38.9 Å². The van der Waals surface area contributed by atoms with Gasteiger partial charge in [-0.05, 0) is 58.3 Å². The highest BCUT2D eigenvalue weighted by atomic mass is 15.0. The van der Waals surface area contributed by atoms with Gasteiger partial charge in [0, 0.05) is 12.5 Å². The molecule has 0 amide bonds. The fourth-order valence-electron chi connectivity index (χ4n) is 3.86. The highest BCUT2D eigenvalue weighted by molar-refractivity contribution is 5.92. The van der Waals surface area contributed by atoms with Gasteiger partial charge in [-0.2, -0.15) is 0 Å². The number of nitrogens with zero attached hydrogens (tertiary/aromatic N) is 2. The number of benzene rings is 3. The molecule has 1 aromatic heterocycles. The number of hydrogen-bond acceptors (Lipinski definition) is 1. The molecule has 0 atom stereocenters. The van der Waals surface area contributed by atoms with Crippen LogP contribution in [0.4, 0.5) is 0 Å². The molecule has 0 spiro atoms. The first-order valence-corrected chi connectivity index (χ1v) is 9.92. The number of aryl methyl sites for hydroxylation is 2. The molecule has 0 aliphatic heterocycles. The summed E-state index contributed by atoms with van der Waals surface area (Å²) in [6, 6.07) is 24.0. The molecule has 28 heavy (non-hydrogen) atoms. The smallest absolute Gasteiger partial charge is 0.230 e. The van der Waals surface area contributed by atoms with Crippen LogP contribution in [-0.2, 0) is 7.05 Å². The quantitative estimate of drug-likeness (QED) is 0.398. The highest BCUT2D eigenvalue weighted by Gasteiger charge is 2.20. The Hall–Kier alpha value is -3.00. The van der Waals surface area contributed by atoms with Crippen molar-refractivity contribution in [1.29, 1.82) is 0 Å². The summed E-state index contributed by atoms with van der Waals surface area (Å²) in [6.07, 6.45) is 0. The summed E-state index contributed by atoms with van der Waals surface area (Å²) in [5.74, 6) is 1.52. The Morgan fingerprint density at radius 3 is 2.25 bits per heavy atom. The van der Waals surface area contributed by atoms with Gasteiger partial charge in [-0.3, -0.25) is 0 Å². The minimum absolute atomic E-state index is 0.496. The first kappa shape index (κ1) is 18.4. The van der Waals surface area contributed by atoms with Crippen molar-refractivity contribution >= 4 is 10.9 Å². The second kappa shape index (κ2) is 7.20. The molecule has 0 fully saturated rings. The van der Waals surface area contributed by atoms with Gasteiger partial charge < -0.3 is 0 Å². The summed E-state index contributed by atoms with van der Waals surface area (Å²) in [5.41, 5.74) is 8.67. The van der Waals surface area contributed by atoms with Crippen LogP contribution in [0, 0.1) is 13.8 Å². The van der Waals surface area contributed by atoms with Crippen molar-refractivity contribution in [3.63, 3.8) is 0 Å². The van der Waals surface area contributed by atoms with Crippen molar-refractivity contribution in [2.24, 2.45) is 7.05 Å². The molecule has 0 saturated carbocycles. The minimum atomic E-state index is 0.496. The number of hydrogen-bond donors (Lipinski definition) is 0. The van der Waals surface area contributed by atoms with Gasteiger partial charge in [0.2, 0.25) is 0 Å².